The summed E-state index contributed by atoms with van der Waals surface area (Å²) in [5.74, 6) is -0.854. The molecule has 0 heterocycles. The zero-order valence-electron chi connectivity index (χ0n) is 3.99. The standard InChI is InChI=1S/C2H4O4S2/c1-2(3)6-8(4,5)7/h1H3,(H,4,5,7). The van der Waals surface area contributed by atoms with Crippen molar-refractivity contribution in [3.8, 4) is 0 Å². The van der Waals surface area contributed by atoms with Gasteiger partial charge in [0.15, 0.2) is 0 Å². The summed E-state index contributed by atoms with van der Waals surface area (Å²) in [7, 11) is -3.74. The average molecular weight is 156 g/mol. The van der Waals surface area contributed by atoms with Crippen LogP contribution in [0.1, 0.15) is 6.92 Å². The Hall–Kier alpha value is -0.200. The lowest BCUT2D eigenvalue weighted by Gasteiger charge is -1.93. The van der Waals surface area contributed by atoms with Crippen LogP contribution in [0.3, 0.4) is 0 Å². The Morgan fingerprint density at radius 3 is 2.25 bits per heavy atom. The summed E-state index contributed by atoms with van der Waals surface area (Å²) in [4.78, 5) is 9.83. The third kappa shape index (κ3) is 5.80. The van der Waals surface area contributed by atoms with Crippen molar-refractivity contribution in [2.45, 2.75) is 6.92 Å². The highest BCUT2D eigenvalue weighted by Gasteiger charge is 2.01. The molecule has 0 rings (SSSR count). The summed E-state index contributed by atoms with van der Waals surface area (Å²) in [6.45, 7) is 1.00. The Morgan fingerprint density at radius 1 is 1.88 bits per heavy atom. The van der Waals surface area contributed by atoms with Crippen LogP contribution in [0.25, 0.3) is 0 Å². The van der Waals surface area contributed by atoms with Gasteiger partial charge in [0, 0.05) is 6.92 Å². The first-order chi connectivity index (χ1) is 3.42. The lowest BCUT2D eigenvalue weighted by Crippen LogP contribution is -2.06. The Morgan fingerprint density at radius 2 is 2.25 bits per heavy atom. The third-order valence-corrected chi connectivity index (χ3v) is 0.872. The molecule has 6 heteroatoms. The van der Waals surface area contributed by atoms with Crippen molar-refractivity contribution in [2.24, 2.45) is 0 Å². The van der Waals surface area contributed by atoms with Gasteiger partial charge in [-0.15, -0.1) is 0 Å². The minimum atomic E-state index is -3.74. The van der Waals surface area contributed by atoms with Gasteiger partial charge in [-0.3, -0.25) is 9.35 Å². The summed E-state index contributed by atoms with van der Waals surface area (Å²) >= 11 is 3.80. The molecule has 4 nitrogen and oxygen atoms in total. The number of hydrogen-bond donors (Lipinski definition) is 1. The molecule has 0 aromatic carbocycles. The van der Waals surface area contributed by atoms with E-state index < -0.39 is 15.0 Å². The molecule has 0 saturated carbocycles. The molecule has 0 aliphatic rings. The van der Waals surface area contributed by atoms with Crippen molar-refractivity contribution >= 4 is 26.2 Å². The second-order valence-corrected chi connectivity index (χ2v) is 3.29. The quantitative estimate of drug-likeness (QED) is 0.564. The maximum Gasteiger partial charge on any atom is 0.319 e. The van der Waals surface area contributed by atoms with E-state index in [2.05, 4.69) is 15.4 Å². The molecule has 0 aromatic rings. The van der Waals surface area contributed by atoms with Crippen molar-refractivity contribution in [1.29, 1.82) is 0 Å². The maximum absolute atomic E-state index is 9.92. The van der Waals surface area contributed by atoms with Crippen LogP contribution in [0.5, 0.6) is 0 Å². The second kappa shape index (κ2) is 2.38. The first kappa shape index (κ1) is 7.80. The molecular formula is C2H4O4S2. The molecule has 48 valence electrons. The Balaban J connectivity index is 3.95. The Kier molecular flexibility index (Phi) is 2.32. The molecule has 1 N–H and O–H groups in total. The predicted octanol–water partition coefficient (Wildman–Crippen LogP) is -0.316. The highest BCUT2D eigenvalue weighted by molar-refractivity contribution is 8.27. The molecule has 0 aromatic heterocycles. The monoisotopic (exact) mass is 156 g/mol. The fourth-order valence-corrected chi connectivity index (χ4v) is 0.732. The molecule has 0 fully saturated rings. The molecule has 1 atom stereocenters. The molecule has 8 heavy (non-hydrogen) atoms. The van der Waals surface area contributed by atoms with E-state index in [1.54, 1.807) is 0 Å². The summed E-state index contributed by atoms with van der Waals surface area (Å²) in [6, 6.07) is 0. The molecule has 0 saturated heterocycles. The summed E-state index contributed by atoms with van der Waals surface area (Å²) in [5.41, 5.74) is 0. The molecule has 0 aliphatic carbocycles. The van der Waals surface area contributed by atoms with E-state index in [-0.39, 0.29) is 0 Å². The zero-order valence-corrected chi connectivity index (χ0v) is 5.62. The summed E-state index contributed by atoms with van der Waals surface area (Å²) in [5, 5.41) is 0. The van der Waals surface area contributed by atoms with Gasteiger partial charge in [-0.05, 0) is 0 Å². The number of rotatable bonds is 1. The smallest absolute Gasteiger partial charge is 0.319 e. The van der Waals surface area contributed by atoms with Gasteiger partial charge < -0.3 is 4.18 Å². The summed E-state index contributed by atoms with van der Waals surface area (Å²) < 4.78 is 21.7. The lowest BCUT2D eigenvalue weighted by molar-refractivity contribution is -0.131. The van der Waals surface area contributed by atoms with Gasteiger partial charge in [0.05, 0.1) is 11.2 Å². The molecule has 1 unspecified atom stereocenters. The van der Waals surface area contributed by atoms with Crippen LogP contribution in [-0.2, 0) is 29.2 Å². The molecule has 0 amide bonds. The van der Waals surface area contributed by atoms with E-state index >= 15 is 0 Å². The molecular weight excluding hydrogens is 152 g/mol. The van der Waals surface area contributed by atoms with E-state index in [4.69, 9.17) is 4.55 Å². The van der Waals surface area contributed by atoms with Gasteiger partial charge in [-0.25, -0.2) is 0 Å². The van der Waals surface area contributed by atoms with Gasteiger partial charge in [0.2, 0.25) is 0 Å². The molecule has 0 bridgehead atoms. The minimum Gasteiger partial charge on any atom is -0.345 e. The first-order valence-electron chi connectivity index (χ1n) is 1.59. The van der Waals surface area contributed by atoms with Crippen LogP contribution in [0.4, 0.5) is 0 Å². The van der Waals surface area contributed by atoms with Gasteiger partial charge >= 0.3 is 15.0 Å². The number of hydrogen-bond acceptors (Lipinski definition) is 4. The molecule has 0 spiro atoms. The topological polar surface area (TPSA) is 63.6 Å². The first-order valence-corrected chi connectivity index (χ1v) is 3.96. The zero-order chi connectivity index (χ0) is 6.78. The maximum atomic E-state index is 9.92. The van der Waals surface area contributed by atoms with Crippen molar-refractivity contribution in [3.63, 3.8) is 0 Å². The summed E-state index contributed by atoms with van der Waals surface area (Å²) in [6.07, 6.45) is 0. The van der Waals surface area contributed by atoms with Crippen LogP contribution in [0.2, 0.25) is 0 Å². The van der Waals surface area contributed by atoms with Crippen molar-refractivity contribution in [1.82, 2.24) is 0 Å². The largest absolute Gasteiger partial charge is 0.345 e. The van der Waals surface area contributed by atoms with E-state index in [9.17, 15) is 9.00 Å². The minimum absolute atomic E-state index is 0.854. The number of carbonyl (C=O) groups excluding carboxylic acids is 1. The predicted molar refractivity (Wildman–Crippen MR) is 29.9 cm³/mol. The molecule has 0 aliphatic heterocycles. The van der Waals surface area contributed by atoms with E-state index in [1.165, 1.54) is 0 Å². The van der Waals surface area contributed by atoms with Crippen molar-refractivity contribution < 1.29 is 17.7 Å². The van der Waals surface area contributed by atoms with Crippen molar-refractivity contribution in [2.75, 3.05) is 0 Å². The fraction of sp³-hybridized carbons (Fsp3) is 0.500. The van der Waals surface area contributed by atoms with E-state index in [1.807, 2.05) is 0 Å². The molecule has 0 radical (unpaired) electrons. The Labute approximate surface area is 51.5 Å². The lowest BCUT2D eigenvalue weighted by atomic mass is 10.9. The fourth-order valence-electron chi connectivity index (χ4n) is 0.148. The van der Waals surface area contributed by atoms with Crippen LogP contribution >= 0.6 is 0 Å². The Bertz CT molecular complexity index is 178. The van der Waals surface area contributed by atoms with Crippen LogP contribution in [-0.4, -0.2) is 14.7 Å². The van der Waals surface area contributed by atoms with Crippen LogP contribution < -0.4 is 0 Å². The third-order valence-electron chi connectivity index (χ3n) is 0.223. The van der Waals surface area contributed by atoms with E-state index in [0.29, 0.717) is 0 Å². The van der Waals surface area contributed by atoms with E-state index in [0.717, 1.165) is 6.92 Å². The highest BCUT2D eigenvalue weighted by atomic mass is 32.9. The van der Waals surface area contributed by atoms with Crippen molar-refractivity contribution in [3.05, 3.63) is 0 Å². The van der Waals surface area contributed by atoms with Gasteiger partial charge in [0.25, 0.3) is 0 Å². The van der Waals surface area contributed by atoms with Gasteiger partial charge in [0.1, 0.15) is 0 Å². The normalized spacial score (nSPS) is 16.8. The van der Waals surface area contributed by atoms with Crippen LogP contribution in [0.15, 0.2) is 0 Å². The van der Waals surface area contributed by atoms with Gasteiger partial charge in [-0.2, -0.15) is 4.21 Å². The average Bonchev–Trinajstić information content (AvgIpc) is 1.21. The highest BCUT2D eigenvalue weighted by Crippen LogP contribution is 1.85. The second-order valence-electron chi connectivity index (χ2n) is 1.00. The SMILES string of the molecule is CC(=O)OS(=O)(O)=S. The van der Waals surface area contributed by atoms with Gasteiger partial charge in [-0.1, -0.05) is 0 Å². The van der Waals surface area contributed by atoms with Crippen LogP contribution in [0, 0.1) is 0 Å². The number of carbonyl (C=O) groups is 1.